The standard InChI is InChI=1S/C23H25N5O/c1-17-7-9-20(10-8-17)26-23(25-16-18-11-13-24-14-12-18)27-22(29)19-5-4-6-21(15-19)28(2)3/h4-15H,16H2,1-3H3,(H2,25,26,27,29). The van der Waals surface area contributed by atoms with Crippen molar-refractivity contribution in [3.63, 3.8) is 0 Å². The van der Waals surface area contributed by atoms with Crippen molar-refractivity contribution >= 4 is 23.2 Å². The summed E-state index contributed by atoms with van der Waals surface area (Å²) in [6.45, 7) is 2.45. The fourth-order valence-electron chi connectivity index (χ4n) is 2.65. The van der Waals surface area contributed by atoms with Crippen LogP contribution in [0.1, 0.15) is 21.5 Å². The van der Waals surface area contributed by atoms with E-state index in [1.54, 1.807) is 18.5 Å². The summed E-state index contributed by atoms with van der Waals surface area (Å²) in [5.74, 6) is 0.174. The fraction of sp³-hybridized carbons (Fsp3) is 0.174. The van der Waals surface area contributed by atoms with Crippen LogP contribution in [0.25, 0.3) is 0 Å². The first kappa shape index (κ1) is 20.1. The SMILES string of the molecule is Cc1ccc(NC(=NCc2ccncc2)NC(=O)c2cccc(N(C)C)c2)cc1. The van der Waals surface area contributed by atoms with Gasteiger partial charge in [-0.1, -0.05) is 23.8 Å². The number of amides is 1. The summed E-state index contributed by atoms with van der Waals surface area (Å²) < 4.78 is 0. The van der Waals surface area contributed by atoms with E-state index in [1.165, 1.54) is 0 Å². The minimum atomic E-state index is -0.221. The van der Waals surface area contributed by atoms with Crippen molar-refractivity contribution in [2.75, 3.05) is 24.3 Å². The number of benzene rings is 2. The highest BCUT2D eigenvalue weighted by atomic mass is 16.1. The first-order valence-electron chi connectivity index (χ1n) is 9.37. The summed E-state index contributed by atoms with van der Waals surface area (Å²) in [6.07, 6.45) is 3.45. The molecule has 3 aromatic rings. The van der Waals surface area contributed by atoms with E-state index in [9.17, 15) is 4.79 Å². The Morgan fingerprint density at radius 3 is 2.45 bits per heavy atom. The number of nitrogens with one attached hydrogen (secondary N) is 2. The van der Waals surface area contributed by atoms with Crippen molar-refractivity contribution < 1.29 is 4.79 Å². The number of hydrogen-bond acceptors (Lipinski definition) is 4. The molecule has 1 amide bonds. The molecular weight excluding hydrogens is 362 g/mol. The maximum Gasteiger partial charge on any atom is 0.258 e. The number of aromatic nitrogens is 1. The zero-order chi connectivity index (χ0) is 20.6. The zero-order valence-corrected chi connectivity index (χ0v) is 16.9. The second-order valence-electron chi connectivity index (χ2n) is 6.91. The first-order valence-corrected chi connectivity index (χ1v) is 9.37. The molecule has 1 aromatic heterocycles. The molecule has 0 saturated carbocycles. The minimum Gasteiger partial charge on any atom is -0.378 e. The molecule has 0 unspecified atom stereocenters. The van der Waals surface area contributed by atoms with E-state index in [0.29, 0.717) is 18.1 Å². The van der Waals surface area contributed by atoms with Gasteiger partial charge in [0.2, 0.25) is 5.96 Å². The summed E-state index contributed by atoms with van der Waals surface area (Å²) in [5, 5.41) is 6.11. The van der Waals surface area contributed by atoms with Gasteiger partial charge in [-0.3, -0.25) is 15.1 Å². The van der Waals surface area contributed by atoms with Crippen molar-refractivity contribution in [3.05, 3.63) is 89.7 Å². The lowest BCUT2D eigenvalue weighted by atomic mass is 10.2. The molecule has 0 radical (unpaired) electrons. The maximum atomic E-state index is 12.8. The van der Waals surface area contributed by atoms with Gasteiger partial charge in [0, 0.05) is 43.4 Å². The molecule has 3 rings (SSSR count). The molecule has 0 atom stereocenters. The van der Waals surface area contributed by atoms with Crippen molar-refractivity contribution in [3.8, 4) is 0 Å². The third-order valence-corrected chi connectivity index (χ3v) is 4.34. The quantitative estimate of drug-likeness (QED) is 0.515. The third-order valence-electron chi connectivity index (χ3n) is 4.34. The highest BCUT2D eigenvalue weighted by molar-refractivity contribution is 6.10. The van der Waals surface area contributed by atoms with Crippen molar-refractivity contribution in [1.82, 2.24) is 10.3 Å². The monoisotopic (exact) mass is 387 g/mol. The van der Waals surface area contributed by atoms with Gasteiger partial charge in [-0.15, -0.1) is 0 Å². The van der Waals surface area contributed by atoms with E-state index in [1.807, 2.05) is 80.5 Å². The molecule has 0 fully saturated rings. The molecule has 0 aliphatic carbocycles. The molecular formula is C23H25N5O. The predicted molar refractivity (Wildman–Crippen MR) is 118 cm³/mol. The molecule has 29 heavy (non-hydrogen) atoms. The second kappa shape index (κ2) is 9.50. The van der Waals surface area contributed by atoms with Crippen LogP contribution in [0.5, 0.6) is 0 Å². The van der Waals surface area contributed by atoms with Gasteiger partial charge in [0.05, 0.1) is 6.54 Å². The number of aliphatic imine (C=N–C) groups is 1. The van der Waals surface area contributed by atoms with Crippen LogP contribution in [0, 0.1) is 6.92 Å². The Bertz CT molecular complexity index is 982. The molecule has 6 nitrogen and oxygen atoms in total. The molecule has 148 valence electrons. The summed E-state index contributed by atoms with van der Waals surface area (Å²) in [5.41, 5.74) is 4.55. The molecule has 0 spiro atoms. The van der Waals surface area contributed by atoms with Gasteiger partial charge in [-0.25, -0.2) is 4.99 Å². The summed E-state index contributed by atoms with van der Waals surface area (Å²) >= 11 is 0. The number of carbonyl (C=O) groups is 1. The number of anilines is 2. The lowest BCUT2D eigenvalue weighted by Gasteiger charge is -2.15. The molecule has 2 N–H and O–H groups in total. The predicted octanol–water partition coefficient (Wildman–Crippen LogP) is 3.85. The van der Waals surface area contributed by atoms with Gasteiger partial charge >= 0.3 is 0 Å². The maximum absolute atomic E-state index is 12.8. The Kier molecular flexibility index (Phi) is 6.58. The van der Waals surface area contributed by atoms with Gasteiger partial charge in [-0.2, -0.15) is 0 Å². The van der Waals surface area contributed by atoms with E-state index in [-0.39, 0.29) is 5.91 Å². The lowest BCUT2D eigenvalue weighted by Crippen LogP contribution is -2.36. The van der Waals surface area contributed by atoms with Crippen LogP contribution in [-0.2, 0) is 6.54 Å². The van der Waals surface area contributed by atoms with E-state index in [0.717, 1.165) is 22.5 Å². The van der Waals surface area contributed by atoms with Gasteiger partial charge < -0.3 is 10.2 Å². The van der Waals surface area contributed by atoms with Gasteiger partial charge in [0.25, 0.3) is 5.91 Å². The fourth-order valence-corrected chi connectivity index (χ4v) is 2.65. The molecule has 6 heteroatoms. The molecule has 0 saturated heterocycles. The van der Waals surface area contributed by atoms with Crippen LogP contribution >= 0.6 is 0 Å². The van der Waals surface area contributed by atoms with E-state index < -0.39 is 0 Å². The second-order valence-corrected chi connectivity index (χ2v) is 6.91. The number of pyridine rings is 1. The molecule has 0 aliphatic heterocycles. The van der Waals surface area contributed by atoms with Crippen LogP contribution in [-0.4, -0.2) is 30.9 Å². The van der Waals surface area contributed by atoms with Crippen LogP contribution in [0.2, 0.25) is 0 Å². The van der Waals surface area contributed by atoms with Crippen LogP contribution in [0.15, 0.2) is 78.0 Å². The van der Waals surface area contributed by atoms with Crippen LogP contribution < -0.4 is 15.5 Å². The van der Waals surface area contributed by atoms with Gasteiger partial charge in [-0.05, 0) is 55.0 Å². The van der Waals surface area contributed by atoms with Crippen molar-refractivity contribution in [2.45, 2.75) is 13.5 Å². The zero-order valence-electron chi connectivity index (χ0n) is 16.9. The number of hydrogen-bond donors (Lipinski definition) is 2. The Labute approximate surface area is 171 Å². The third kappa shape index (κ3) is 5.90. The average molecular weight is 387 g/mol. The Balaban J connectivity index is 1.80. The number of aryl methyl sites for hydroxylation is 1. The highest BCUT2D eigenvalue weighted by Crippen LogP contribution is 2.14. The van der Waals surface area contributed by atoms with Crippen LogP contribution in [0.3, 0.4) is 0 Å². The normalized spacial score (nSPS) is 11.1. The minimum absolute atomic E-state index is 0.221. The Hall–Kier alpha value is -3.67. The topological polar surface area (TPSA) is 69.6 Å². The Morgan fingerprint density at radius 1 is 1.03 bits per heavy atom. The highest BCUT2D eigenvalue weighted by Gasteiger charge is 2.11. The van der Waals surface area contributed by atoms with E-state index in [2.05, 4.69) is 20.6 Å². The largest absolute Gasteiger partial charge is 0.378 e. The molecule has 0 bridgehead atoms. The number of carbonyl (C=O) groups excluding carboxylic acids is 1. The number of nitrogens with zero attached hydrogens (tertiary/aromatic N) is 3. The van der Waals surface area contributed by atoms with E-state index in [4.69, 9.17) is 0 Å². The van der Waals surface area contributed by atoms with Crippen LogP contribution in [0.4, 0.5) is 11.4 Å². The van der Waals surface area contributed by atoms with Crippen molar-refractivity contribution in [1.29, 1.82) is 0 Å². The lowest BCUT2D eigenvalue weighted by molar-refractivity contribution is 0.0977. The molecule has 1 heterocycles. The molecule has 0 aliphatic rings. The molecule has 2 aromatic carbocycles. The number of guanidine groups is 1. The first-order chi connectivity index (χ1) is 14.0. The van der Waals surface area contributed by atoms with Gasteiger partial charge in [0.1, 0.15) is 0 Å². The smallest absolute Gasteiger partial charge is 0.258 e. The Morgan fingerprint density at radius 2 is 1.76 bits per heavy atom. The average Bonchev–Trinajstić information content (AvgIpc) is 2.74. The summed E-state index contributed by atoms with van der Waals surface area (Å²) in [6, 6.07) is 19.2. The number of rotatable bonds is 5. The van der Waals surface area contributed by atoms with E-state index >= 15 is 0 Å². The summed E-state index contributed by atoms with van der Waals surface area (Å²) in [7, 11) is 3.88. The summed E-state index contributed by atoms with van der Waals surface area (Å²) in [4.78, 5) is 23.4. The van der Waals surface area contributed by atoms with Crippen molar-refractivity contribution in [2.24, 2.45) is 4.99 Å². The van der Waals surface area contributed by atoms with Gasteiger partial charge in [0.15, 0.2) is 0 Å².